The number of carboxylic acids is 3. The topological polar surface area (TPSA) is 188 Å². The van der Waals surface area contributed by atoms with Gasteiger partial charge in [-0.3, -0.25) is 24.1 Å². The fourth-order valence-electron chi connectivity index (χ4n) is 5.17. The smallest absolute Gasteiger partial charge is 0.336 e. The van der Waals surface area contributed by atoms with Crippen molar-refractivity contribution < 1.29 is 53.9 Å². The lowest BCUT2D eigenvalue weighted by Gasteiger charge is -2.18. The van der Waals surface area contributed by atoms with Crippen molar-refractivity contribution in [2.24, 2.45) is 0 Å². The summed E-state index contributed by atoms with van der Waals surface area (Å²) in [6.45, 7) is 5.26. The Hall–Kier alpha value is -5.11. The number of nitrogens with zero attached hydrogens (tertiary/aromatic N) is 1. The molecule has 0 saturated carbocycles. The molecule has 13 heteroatoms. The fraction of sp³-hybridized carbons (Fsp3) is 0.286. The molecule has 3 aromatic carbocycles. The fourth-order valence-corrected chi connectivity index (χ4v) is 6.38. The van der Waals surface area contributed by atoms with Crippen molar-refractivity contribution in [2.75, 3.05) is 26.2 Å². The highest BCUT2D eigenvalue weighted by molar-refractivity contribution is 7.22. The third kappa shape index (κ3) is 9.47. The molecule has 4 N–H and O–H groups in total. The summed E-state index contributed by atoms with van der Waals surface area (Å²) in [6.07, 6.45) is 0.252. The summed E-state index contributed by atoms with van der Waals surface area (Å²) in [6, 6.07) is 22.7. The molecule has 12 nitrogen and oxygen atoms in total. The molecule has 1 aliphatic rings. The first kappa shape index (κ1) is 35.7. The van der Waals surface area contributed by atoms with Crippen molar-refractivity contribution in [3.8, 4) is 21.9 Å². The maximum absolute atomic E-state index is 13.7. The standard InChI is InChI=1S/C29H27NO4S.C6H8O7/c1-20(31)34-24-14-10-22(11-15-24)29-27(25-6-2-3-7-26(25)35-29)28(32)21-8-12-23(13-9-21)33-19-18-30-16-4-5-17-30;7-3(8)1-6(13,5(11)12)2-4(9)10/h2-3,6-15H,4-5,16-19H2,1H3;13H,1-2H2,(H,7,8)(H,9,10)(H,11,12). The predicted molar refractivity (Wildman–Crippen MR) is 177 cm³/mol. The van der Waals surface area contributed by atoms with Gasteiger partial charge in [0.05, 0.1) is 12.8 Å². The number of hydrogen-bond donors (Lipinski definition) is 4. The van der Waals surface area contributed by atoms with Crippen LogP contribution in [-0.2, 0) is 19.2 Å². The molecule has 4 aromatic rings. The van der Waals surface area contributed by atoms with Crippen molar-refractivity contribution in [2.45, 2.75) is 38.2 Å². The molecule has 0 spiro atoms. The number of thiophene rings is 1. The van der Waals surface area contributed by atoms with Gasteiger partial charge in [-0.15, -0.1) is 11.3 Å². The molecule has 1 saturated heterocycles. The van der Waals surface area contributed by atoms with Gasteiger partial charge in [0.2, 0.25) is 0 Å². The minimum atomic E-state index is -2.74. The van der Waals surface area contributed by atoms with E-state index in [2.05, 4.69) is 4.90 Å². The second-order valence-electron chi connectivity index (χ2n) is 11.1. The molecular formula is C35H35NO11S. The van der Waals surface area contributed by atoms with Crippen molar-refractivity contribution >= 4 is 51.1 Å². The van der Waals surface area contributed by atoms with Gasteiger partial charge >= 0.3 is 23.9 Å². The Labute approximate surface area is 279 Å². The lowest BCUT2D eigenvalue weighted by atomic mass is 9.96. The highest BCUT2D eigenvalue weighted by Crippen LogP contribution is 2.40. The van der Waals surface area contributed by atoms with Crippen LogP contribution in [0.4, 0.5) is 0 Å². The molecule has 1 fully saturated rings. The van der Waals surface area contributed by atoms with Crippen molar-refractivity contribution in [1.82, 2.24) is 4.90 Å². The molecule has 0 aliphatic carbocycles. The first-order valence-corrected chi connectivity index (χ1v) is 15.9. The van der Waals surface area contributed by atoms with E-state index in [9.17, 15) is 24.0 Å². The van der Waals surface area contributed by atoms with E-state index in [-0.39, 0.29) is 11.8 Å². The van der Waals surface area contributed by atoms with Gasteiger partial charge in [-0.2, -0.15) is 0 Å². The highest BCUT2D eigenvalue weighted by Gasteiger charge is 2.40. The van der Waals surface area contributed by atoms with Gasteiger partial charge in [-0.25, -0.2) is 4.79 Å². The Morgan fingerprint density at radius 2 is 1.40 bits per heavy atom. The molecule has 252 valence electrons. The van der Waals surface area contributed by atoms with Gasteiger partial charge in [0.25, 0.3) is 0 Å². The molecule has 1 aliphatic heterocycles. The van der Waals surface area contributed by atoms with E-state index in [1.54, 1.807) is 23.5 Å². The van der Waals surface area contributed by atoms with E-state index in [4.69, 9.17) is 29.9 Å². The molecule has 2 heterocycles. The molecule has 1 aromatic heterocycles. The van der Waals surface area contributed by atoms with Crippen molar-refractivity contribution in [3.63, 3.8) is 0 Å². The maximum Gasteiger partial charge on any atom is 0.336 e. The number of ketones is 1. The van der Waals surface area contributed by atoms with Crippen LogP contribution < -0.4 is 9.47 Å². The van der Waals surface area contributed by atoms with E-state index >= 15 is 0 Å². The van der Waals surface area contributed by atoms with Crippen LogP contribution in [0.2, 0.25) is 0 Å². The molecular weight excluding hydrogens is 642 g/mol. The molecule has 0 bridgehead atoms. The highest BCUT2D eigenvalue weighted by atomic mass is 32.1. The van der Waals surface area contributed by atoms with Crippen LogP contribution in [0, 0.1) is 0 Å². The third-order valence-electron chi connectivity index (χ3n) is 7.48. The van der Waals surface area contributed by atoms with Crippen LogP contribution in [0.5, 0.6) is 11.5 Å². The lowest BCUT2D eigenvalue weighted by molar-refractivity contribution is -0.170. The van der Waals surface area contributed by atoms with Crippen LogP contribution >= 0.6 is 11.3 Å². The Bertz CT molecular complexity index is 1760. The van der Waals surface area contributed by atoms with Gasteiger partial charge in [0.15, 0.2) is 11.4 Å². The number of aliphatic hydroxyl groups is 1. The largest absolute Gasteiger partial charge is 0.492 e. The van der Waals surface area contributed by atoms with E-state index in [1.165, 1.54) is 19.8 Å². The van der Waals surface area contributed by atoms with E-state index < -0.39 is 36.4 Å². The minimum Gasteiger partial charge on any atom is -0.492 e. The average molecular weight is 678 g/mol. The van der Waals surface area contributed by atoms with Gasteiger partial charge < -0.3 is 29.9 Å². The quantitative estimate of drug-likeness (QED) is 0.0848. The number of likely N-dealkylation sites (tertiary alicyclic amines) is 1. The van der Waals surface area contributed by atoms with Gasteiger partial charge in [-0.1, -0.05) is 18.2 Å². The number of benzene rings is 3. The summed E-state index contributed by atoms with van der Waals surface area (Å²) < 4.78 is 12.1. The van der Waals surface area contributed by atoms with Gasteiger partial charge in [-0.05, 0) is 86.1 Å². The SMILES string of the molecule is CC(=O)Oc1ccc(-c2sc3ccccc3c2C(=O)c2ccc(OCCN3CCCC3)cc2)cc1.O=C(O)CC(O)(CC(=O)O)C(=O)O. The number of hydrogen-bond acceptors (Lipinski definition) is 10. The maximum atomic E-state index is 13.7. The number of fused-ring (bicyclic) bond motifs is 1. The Morgan fingerprint density at radius 3 is 1.96 bits per heavy atom. The molecule has 48 heavy (non-hydrogen) atoms. The zero-order valence-corrected chi connectivity index (χ0v) is 26.9. The normalized spacial score (nSPS) is 13.0. The van der Waals surface area contributed by atoms with E-state index in [1.807, 2.05) is 60.7 Å². The first-order chi connectivity index (χ1) is 22.9. The summed E-state index contributed by atoms with van der Waals surface area (Å²) in [7, 11) is 0. The Morgan fingerprint density at radius 1 is 0.812 bits per heavy atom. The van der Waals surface area contributed by atoms with Gasteiger partial charge in [0, 0.05) is 39.6 Å². The number of aliphatic carboxylic acids is 3. The van der Waals surface area contributed by atoms with Crippen LogP contribution in [0.25, 0.3) is 20.5 Å². The zero-order chi connectivity index (χ0) is 34.8. The molecule has 0 unspecified atom stereocenters. The Balaban J connectivity index is 0.000000341. The second kappa shape index (κ2) is 16.1. The second-order valence-corrected chi connectivity index (χ2v) is 12.2. The van der Waals surface area contributed by atoms with Crippen LogP contribution in [0.3, 0.4) is 0 Å². The number of carbonyl (C=O) groups is 5. The number of esters is 1. The summed E-state index contributed by atoms with van der Waals surface area (Å²) in [4.78, 5) is 58.8. The molecule has 5 rings (SSSR count). The van der Waals surface area contributed by atoms with Crippen LogP contribution in [-0.4, -0.2) is 86.8 Å². The third-order valence-corrected chi connectivity index (χ3v) is 8.70. The van der Waals surface area contributed by atoms with E-state index in [0.717, 1.165) is 45.9 Å². The summed E-state index contributed by atoms with van der Waals surface area (Å²) >= 11 is 1.59. The zero-order valence-electron chi connectivity index (χ0n) is 26.1. The van der Waals surface area contributed by atoms with Crippen molar-refractivity contribution in [1.29, 1.82) is 0 Å². The monoisotopic (exact) mass is 677 g/mol. The molecule has 0 atom stereocenters. The van der Waals surface area contributed by atoms with E-state index in [0.29, 0.717) is 23.5 Å². The number of rotatable bonds is 13. The summed E-state index contributed by atoms with van der Waals surface area (Å²) in [5.74, 6) is -4.15. The van der Waals surface area contributed by atoms with Crippen LogP contribution in [0.1, 0.15) is 48.5 Å². The van der Waals surface area contributed by atoms with Crippen molar-refractivity contribution in [3.05, 3.63) is 83.9 Å². The lowest BCUT2D eigenvalue weighted by Crippen LogP contribution is -2.42. The molecule has 0 radical (unpaired) electrons. The predicted octanol–water partition coefficient (Wildman–Crippen LogP) is 4.95. The minimum absolute atomic E-state index is 0.0230. The average Bonchev–Trinajstić information content (AvgIpc) is 3.69. The number of carboxylic acid groups (broad SMARTS) is 3. The number of ether oxygens (including phenoxy) is 2. The number of carbonyl (C=O) groups excluding carboxylic acids is 2. The van der Waals surface area contributed by atoms with Gasteiger partial charge in [0.1, 0.15) is 18.1 Å². The van der Waals surface area contributed by atoms with Crippen LogP contribution in [0.15, 0.2) is 72.8 Å². The Kier molecular flexibility index (Phi) is 12.0. The summed E-state index contributed by atoms with van der Waals surface area (Å²) in [5.41, 5.74) is -0.517. The molecule has 0 amide bonds. The first-order valence-electron chi connectivity index (χ1n) is 15.1. The summed E-state index contributed by atoms with van der Waals surface area (Å²) in [5, 5.41) is 34.7.